The van der Waals surface area contributed by atoms with Crippen LogP contribution in [-0.2, 0) is 9.53 Å². The van der Waals surface area contributed by atoms with Crippen molar-refractivity contribution in [1.29, 1.82) is 0 Å². The van der Waals surface area contributed by atoms with Gasteiger partial charge in [0.15, 0.2) is 0 Å². The van der Waals surface area contributed by atoms with Crippen LogP contribution < -0.4 is 5.32 Å². The van der Waals surface area contributed by atoms with Crippen LogP contribution in [0.5, 0.6) is 0 Å². The molecule has 0 aliphatic carbocycles. The van der Waals surface area contributed by atoms with Crippen LogP contribution in [0.2, 0.25) is 5.02 Å². The molecule has 1 aromatic heterocycles. The molecule has 0 saturated carbocycles. The van der Waals surface area contributed by atoms with E-state index in [-0.39, 0.29) is 11.9 Å². The third-order valence-electron chi connectivity index (χ3n) is 2.59. The highest BCUT2D eigenvalue weighted by molar-refractivity contribution is 6.31. The molecule has 1 aromatic rings. The number of methoxy groups -OCH3 is 1. The van der Waals surface area contributed by atoms with Crippen LogP contribution >= 0.6 is 11.6 Å². The minimum absolute atomic E-state index is 0.0932. The fraction of sp³-hybridized carbons (Fsp3) is 0.636. The molecule has 0 radical (unpaired) electrons. The number of aryl methyl sites for hydroxylation is 1. The summed E-state index contributed by atoms with van der Waals surface area (Å²) in [5.41, 5.74) is 1.54. The zero-order valence-electron chi connectivity index (χ0n) is 10.6. The van der Waals surface area contributed by atoms with E-state index in [9.17, 15) is 4.79 Å². The second-order valence-electron chi connectivity index (χ2n) is 3.89. The minimum atomic E-state index is -0.377. The highest BCUT2D eigenvalue weighted by Gasteiger charge is 2.19. The van der Waals surface area contributed by atoms with Crippen LogP contribution in [0.3, 0.4) is 0 Å². The van der Waals surface area contributed by atoms with Gasteiger partial charge in [0.25, 0.3) is 0 Å². The lowest BCUT2D eigenvalue weighted by molar-refractivity contribution is -0.124. The molecule has 96 valence electrons. The van der Waals surface area contributed by atoms with Gasteiger partial charge in [0.05, 0.1) is 23.0 Å². The molecule has 0 aliphatic rings. The zero-order chi connectivity index (χ0) is 13.0. The zero-order valence-corrected chi connectivity index (χ0v) is 11.3. The molecule has 1 unspecified atom stereocenters. The normalized spacial score (nSPS) is 12.5. The Balaban J connectivity index is 2.71. The summed E-state index contributed by atoms with van der Waals surface area (Å²) < 4.78 is 6.51. The number of rotatable bonds is 5. The van der Waals surface area contributed by atoms with Gasteiger partial charge in [0.2, 0.25) is 5.91 Å². The van der Waals surface area contributed by atoms with Gasteiger partial charge < -0.3 is 10.1 Å². The first-order valence-corrected chi connectivity index (χ1v) is 5.84. The summed E-state index contributed by atoms with van der Waals surface area (Å²) in [4.78, 5) is 11.8. The Kier molecular flexibility index (Phi) is 4.96. The lowest BCUT2D eigenvalue weighted by Crippen LogP contribution is -2.34. The predicted molar refractivity (Wildman–Crippen MR) is 66.3 cm³/mol. The molecule has 1 N–H and O–H groups in total. The standard InChI is InChI=1S/C11H18ClN3O2/c1-7-10(12)8(2)15(14-7)9(3)11(16)13-5-6-17-4/h9H,5-6H2,1-4H3,(H,13,16). The quantitative estimate of drug-likeness (QED) is 0.815. The van der Waals surface area contributed by atoms with E-state index in [1.165, 1.54) is 0 Å². The van der Waals surface area contributed by atoms with Crippen molar-refractivity contribution < 1.29 is 9.53 Å². The van der Waals surface area contributed by atoms with Gasteiger partial charge in [0.1, 0.15) is 6.04 Å². The Bertz CT molecular complexity index is 404. The van der Waals surface area contributed by atoms with E-state index in [0.717, 1.165) is 11.4 Å². The van der Waals surface area contributed by atoms with Crippen molar-refractivity contribution in [3.05, 3.63) is 16.4 Å². The highest BCUT2D eigenvalue weighted by atomic mass is 35.5. The summed E-state index contributed by atoms with van der Waals surface area (Å²) in [7, 11) is 1.59. The number of nitrogens with zero attached hydrogens (tertiary/aromatic N) is 2. The molecule has 17 heavy (non-hydrogen) atoms. The third-order valence-corrected chi connectivity index (χ3v) is 3.14. The molecule has 1 heterocycles. The van der Waals surface area contributed by atoms with Crippen LogP contribution in [0.15, 0.2) is 0 Å². The lowest BCUT2D eigenvalue weighted by Gasteiger charge is -2.14. The smallest absolute Gasteiger partial charge is 0.244 e. The van der Waals surface area contributed by atoms with Gasteiger partial charge in [-0.3, -0.25) is 9.48 Å². The van der Waals surface area contributed by atoms with Crippen molar-refractivity contribution in [1.82, 2.24) is 15.1 Å². The summed E-state index contributed by atoms with van der Waals surface area (Å²) in [6, 6.07) is -0.377. The molecule has 5 nitrogen and oxygen atoms in total. The van der Waals surface area contributed by atoms with Crippen molar-refractivity contribution in [3.63, 3.8) is 0 Å². The highest BCUT2D eigenvalue weighted by Crippen LogP contribution is 2.21. The van der Waals surface area contributed by atoms with Crippen molar-refractivity contribution in [2.24, 2.45) is 0 Å². The molecular weight excluding hydrogens is 242 g/mol. The van der Waals surface area contributed by atoms with Crippen LogP contribution in [0.4, 0.5) is 0 Å². The maximum absolute atomic E-state index is 11.8. The maximum Gasteiger partial charge on any atom is 0.244 e. The van der Waals surface area contributed by atoms with E-state index in [4.69, 9.17) is 16.3 Å². The van der Waals surface area contributed by atoms with Gasteiger partial charge in [-0.15, -0.1) is 0 Å². The van der Waals surface area contributed by atoms with Gasteiger partial charge in [-0.1, -0.05) is 11.6 Å². The number of ether oxygens (including phenoxy) is 1. The monoisotopic (exact) mass is 259 g/mol. The molecule has 0 aromatic carbocycles. The Morgan fingerprint density at radius 1 is 1.59 bits per heavy atom. The molecule has 1 rings (SSSR count). The second-order valence-corrected chi connectivity index (χ2v) is 4.27. The summed E-state index contributed by atoms with van der Waals surface area (Å²) in [5.74, 6) is -0.0932. The van der Waals surface area contributed by atoms with Gasteiger partial charge in [-0.2, -0.15) is 5.10 Å². The summed E-state index contributed by atoms with van der Waals surface area (Å²) in [6.07, 6.45) is 0. The number of hydrogen-bond acceptors (Lipinski definition) is 3. The number of halogens is 1. The SMILES string of the molecule is COCCNC(=O)C(C)n1nc(C)c(Cl)c1C. The fourth-order valence-electron chi connectivity index (χ4n) is 1.56. The molecule has 1 atom stereocenters. The largest absolute Gasteiger partial charge is 0.383 e. The molecule has 0 spiro atoms. The molecular formula is C11H18ClN3O2. The van der Waals surface area contributed by atoms with E-state index in [0.29, 0.717) is 18.2 Å². The first-order chi connectivity index (χ1) is 7.99. The fourth-order valence-corrected chi connectivity index (χ4v) is 1.68. The van der Waals surface area contributed by atoms with Gasteiger partial charge >= 0.3 is 0 Å². The molecule has 1 amide bonds. The number of carbonyl (C=O) groups is 1. The number of carbonyl (C=O) groups excluding carboxylic acids is 1. The van der Waals surface area contributed by atoms with Crippen LogP contribution in [0.1, 0.15) is 24.4 Å². The van der Waals surface area contributed by atoms with Crippen molar-refractivity contribution in [2.45, 2.75) is 26.8 Å². The van der Waals surface area contributed by atoms with E-state index >= 15 is 0 Å². The Labute approximate surface area is 106 Å². The number of aromatic nitrogens is 2. The van der Waals surface area contributed by atoms with E-state index in [1.54, 1.807) is 18.7 Å². The summed E-state index contributed by atoms with van der Waals surface area (Å²) in [6.45, 7) is 6.45. The molecule has 0 saturated heterocycles. The number of nitrogens with one attached hydrogen (secondary N) is 1. The minimum Gasteiger partial charge on any atom is -0.383 e. The first-order valence-electron chi connectivity index (χ1n) is 5.47. The third kappa shape index (κ3) is 3.20. The Morgan fingerprint density at radius 2 is 2.24 bits per heavy atom. The molecule has 0 bridgehead atoms. The van der Waals surface area contributed by atoms with E-state index in [1.807, 2.05) is 13.8 Å². The molecule has 6 heteroatoms. The van der Waals surface area contributed by atoms with Crippen molar-refractivity contribution in [2.75, 3.05) is 20.3 Å². The second kappa shape index (κ2) is 6.02. The topological polar surface area (TPSA) is 56.1 Å². The molecule has 0 fully saturated rings. The maximum atomic E-state index is 11.8. The van der Waals surface area contributed by atoms with E-state index < -0.39 is 0 Å². The van der Waals surface area contributed by atoms with Crippen LogP contribution in [-0.4, -0.2) is 35.9 Å². The Morgan fingerprint density at radius 3 is 2.71 bits per heavy atom. The predicted octanol–water partition coefficient (Wildman–Crippen LogP) is 1.48. The van der Waals surface area contributed by atoms with Crippen molar-refractivity contribution >= 4 is 17.5 Å². The van der Waals surface area contributed by atoms with E-state index in [2.05, 4.69) is 10.4 Å². The summed E-state index contributed by atoms with van der Waals surface area (Å²) in [5, 5.41) is 7.63. The van der Waals surface area contributed by atoms with Crippen molar-refractivity contribution in [3.8, 4) is 0 Å². The average Bonchev–Trinajstić information content (AvgIpc) is 2.56. The lowest BCUT2D eigenvalue weighted by atomic mass is 10.3. The summed E-state index contributed by atoms with van der Waals surface area (Å²) >= 11 is 6.04. The number of hydrogen-bond donors (Lipinski definition) is 1. The van der Waals surface area contributed by atoms with Crippen LogP contribution in [0, 0.1) is 13.8 Å². The van der Waals surface area contributed by atoms with Gasteiger partial charge in [0, 0.05) is 13.7 Å². The number of amides is 1. The van der Waals surface area contributed by atoms with Gasteiger partial charge in [-0.25, -0.2) is 0 Å². The average molecular weight is 260 g/mol. The van der Waals surface area contributed by atoms with Crippen LogP contribution in [0.25, 0.3) is 0 Å². The van der Waals surface area contributed by atoms with Gasteiger partial charge in [-0.05, 0) is 20.8 Å². The first kappa shape index (κ1) is 14.0. The Hall–Kier alpha value is -1.07. The molecule has 0 aliphatic heterocycles.